The smallest absolute Gasteiger partial charge is 0.167 e. The fraction of sp³-hybridized carbons (Fsp3) is 0.923. The van der Waals surface area contributed by atoms with E-state index in [-0.39, 0.29) is 6.04 Å². The highest BCUT2D eigenvalue weighted by Crippen LogP contribution is 2.08. The van der Waals surface area contributed by atoms with E-state index in [4.69, 9.17) is 4.74 Å². The third kappa shape index (κ3) is 6.11. The molecule has 1 atom stereocenters. The minimum absolute atomic E-state index is 0.175. The molecular formula is C13H27N5O. The SMILES string of the molecule is CCCOCCCn1nnnc1C(C)NCC(C)C. The topological polar surface area (TPSA) is 64.9 Å². The van der Waals surface area contributed by atoms with Crippen LogP contribution >= 0.6 is 0 Å². The van der Waals surface area contributed by atoms with Gasteiger partial charge in [0.05, 0.1) is 6.04 Å². The van der Waals surface area contributed by atoms with E-state index in [0.717, 1.165) is 45.0 Å². The molecular weight excluding hydrogens is 242 g/mol. The Balaban J connectivity index is 2.36. The lowest BCUT2D eigenvalue weighted by molar-refractivity contribution is 0.128. The first-order valence-electron chi connectivity index (χ1n) is 7.22. The van der Waals surface area contributed by atoms with Crippen LogP contribution in [0.25, 0.3) is 0 Å². The van der Waals surface area contributed by atoms with Crippen LogP contribution in [0.1, 0.15) is 52.4 Å². The van der Waals surface area contributed by atoms with E-state index in [9.17, 15) is 0 Å². The average Bonchev–Trinajstić information content (AvgIpc) is 2.84. The summed E-state index contributed by atoms with van der Waals surface area (Å²) in [5, 5.41) is 15.4. The Morgan fingerprint density at radius 3 is 2.74 bits per heavy atom. The van der Waals surface area contributed by atoms with Crippen LogP contribution in [0.5, 0.6) is 0 Å². The summed E-state index contributed by atoms with van der Waals surface area (Å²) in [6.07, 6.45) is 2.00. The summed E-state index contributed by atoms with van der Waals surface area (Å²) in [5.74, 6) is 1.52. The molecule has 0 aliphatic rings. The van der Waals surface area contributed by atoms with Gasteiger partial charge in [-0.3, -0.25) is 0 Å². The van der Waals surface area contributed by atoms with E-state index in [0.29, 0.717) is 5.92 Å². The minimum atomic E-state index is 0.175. The quantitative estimate of drug-likeness (QED) is 0.656. The Morgan fingerprint density at radius 1 is 1.26 bits per heavy atom. The summed E-state index contributed by atoms with van der Waals surface area (Å²) in [6.45, 7) is 11.9. The van der Waals surface area contributed by atoms with Crippen molar-refractivity contribution in [2.75, 3.05) is 19.8 Å². The Hall–Kier alpha value is -1.01. The van der Waals surface area contributed by atoms with Crippen molar-refractivity contribution in [2.24, 2.45) is 5.92 Å². The van der Waals surface area contributed by atoms with Crippen LogP contribution in [0, 0.1) is 5.92 Å². The lowest BCUT2D eigenvalue weighted by atomic mass is 10.2. The van der Waals surface area contributed by atoms with Gasteiger partial charge in [-0.25, -0.2) is 4.68 Å². The minimum Gasteiger partial charge on any atom is -0.381 e. The first-order valence-corrected chi connectivity index (χ1v) is 7.22. The molecule has 1 aromatic heterocycles. The fourth-order valence-electron chi connectivity index (χ4n) is 1.75. The molecule has 1 rings (SSSR count). The molecule has 0 aliphatic heterocycles. The third-order valence-corrected chi connectivity index (χ3v) is 2.79. The molecule has 0 saturated carbocycles. The third-order valence-electron chi connectivity index (χ3n) is 2.79. The highest BCUT2D eigenvalue weighted by molar-refractivity contribution is 4.89. The molecule has 0 radical (unpaired) electrons. The van der Waals surface area contributed by atoms with Crippen molar-refractivity contribution >= 4 is 0 Å². The van der Waals surface area contributed by atoms with Crippen LogP contribution in [0.3, 0.4) is 0 Å². The van der Waals surface area contributed by atoms with E-state index in [2.05, 4.69) is 48.5 Å². The molecule has 0 aromatic carbocycles. The number of nitrogens with zero attached hydrogens (tertiary/aromatic N) is 4. The molecule has 1 unspecified atom stereocenters. The zero-order valence-electron chi connectivity index (χ0n) is 12.6. The van der Waals surface area contributed by atoms with Crippen LogP contribution in [-0.4, -0.2) is 40.0 Å². The summed E-state index contributed by atoms with van der Waals surface area (Å²) in [7, 11) is 0. The van der Waals surface area contributed by atoms with E-state index < -0.39 is 0 Å². The van der Waals surface area contributed by atoms with Gasteiger partial charge < -0.3 is 10.1 Å². The van der Waals surface area contributed by atoms with Gasteiger partial charge in [-0.2, -0.15) is 0 Å². The van der Waals surface area contributed by atoms with Gasteiger partial charge in [0.25, 0.3) is 0 Å². The number of hydrogen-bond donors (Lipinski definition) is 1. The zero-order chi connectivity index (χ0) is 14.1. The van der Waals surface area contributed by atoms with Gasteiger partial charge in [-0.05, 0) is 42.7 Å². The molecule has 1 aromatic rings. The predicted octanol–water partition coefficient (Wildman–Crippen LogP) is 1.80. The van der Waals surface area contributed by atoms with Crippen molar-refractivity contribution in [3.05, 3.63) is 5.82 Å². The molecule has 0 amide bonds. The number of rotatable bonds is 10. The molecule has 0 bridgehead atoms. The Labute approximate surface area is 115 Å². The van der Waals surface area contributed by atoms with E-state index >= 15 is 0 Å². The van der Waals surface area contributed by atoms with Gasteiger partial charge in [0.2, 0.25) is 0 Å². The van der Waals surface area contributed by atoms with Crippen LogP contribution in [-0.2, 0) is 11.3 Å². The second-order valence-electron chi connectivity index (χ2n) is 5.25. The summed E-state index contributed by atoms with van der Waals surface area (Å²) in [4.78, 5) is 0. The maximum absolute atomic E-state index is 5.46. The van der Waals surface area contributed by atoms with Crippen molar-refractivity contribution in [3.8, 4) is 0 Å². The zero-order valence-corrected chi connectivity index (χ0v) is 12.6. The van der Waals surface area contributed by atoms with Crippen molar-refractivity contribution in [1.29, 1.82) is 0 Å². The van der Waals surface area contributed by atoms with E-state index in [1.807, 2.05) is 4.68 Å². The number of hydrogen-bond acceptors (Lipinski definition) is 5. The number of aromatic nitrogens is 4. The van der Waals surface area contributed by atoms with Crippen LogP contribution in [0.4, 0.5) is 0 Å². The molecule has 0 aliphatic carbocycles. The van der Waals surface area contributed by atoms with Gasteiger partial charge >= 0.3 is 0 Å². The summed E-state index contributed by atoms with van der Waals surface area (Å²) >= 11 is 0. The first-order chi connectivity index (χ1) is 9.15. The molecule has 0 saturated heterocycles. The van der Waals surface area contributed by atoms with Gasteiger partial charge in [0, 0.05) is 19.8 Å². The molecule has 0 spiro atoms. The standard InChI is InChI=1S/C13H27N5O/c1-5-8-19-9-6-7-18-13(15-16-17-18)12(4)14-10-11(2)3/h11-12,14H,5-10H2,1-4H3. The molecule has 6 nitrogen and oxygen atoms in total. The van der Waals surface area contributed by atoms with Gasteiger partial charge in [0.1, 0.15) is 0 Å². The van der Waals surface area contributed by atoms with Crippen molar-refractivity contribution < 1.29 is 4.74 Å². The number of aryl methyl sites for hydroxylation is 1. The van der Waals surface area contributed by atoms with Crippen molar-refractivity contribution in [3.63, 3.8) is 0 Å². The van der Waals surface area contributed by atoms with Crippen molar-refractivity contribution in [2.45, 2.75) is 53.1 Å². The van der Waals surface area contributed by atoms with E-state index in [1.54, 1.807) is 0 Å². The predicted molar refractivity (Wildman–Crippen MR) is 74.8 cm³/mol. The Bertz CT molecular complexity index is 340. The van der Waals surface area contributed by atoms with Gasteiger partial charge in [0.15, 0.2) is 5.82 Å². The summed E-state index contributed by atoms with van der Waals surface area (Å²) in [6, 6.07) is 0.175. The van der Waals surface area contributed by atoms with Gasteiger partial charge in [-0.1, -0.05) is 20.8 Å². The second-order valence-corrected chi connectivity index (χ2v) is 5.25. The Kier molecular flexibility index (Phi) is 7.59. The van der Waals surface area contributed by atoms with Crippen LogP contribution in [0.2, 0.25) is 0 Å². The van der Waals surface area contributed by atoms with E-state index in [1.165, 1.54) is 0 Å². The lowest BCUT2D eigenvalue weighted by Gasteiger charge is -2.15. The van der Waals surface area contributed by atoms with Gasteiger partial charge in [-0.15, -0.1) is 5.10 Å². The summed E-state index contributed by atoms with van der Waals surface area (Å²) in [5.41, 5.74) is 0. The number of nitrogens with one attached hydrogen (secondary N) is 1. The lowest BCUT2D eigenvalue weighted by Crippen LogP contribution is -2.26. The molecule has 110 valence electrons. The monoisotopic (exact) mass is 269 g/mol. The number of ether oxygens (including phenoxy) is 1. The average molecular weight is 269 g/mol. The number of tetrazole rings is 1. The second kappa shape index (κ2) is 8.98. The fourth-order valence-corrected chi connectivity index (χ4v) is 1.75. The van der Waals surface area contributed by atoms with Crippen LogP contribution in [0.15, 0.2) is 0 Å². The molecule has 6 heteroatoms. The van der Waals surface area contributed by atoms with Crippen LogP contribution < -0.4 is 5.32 Å². The molecule has 1 N–H and O–H groups in total. The normalized spacial score (nSPS) is 13.1. The summed E-state index contributed by atoms with van der Waals surface area (Å²) < 4.78 is 7.33. The molecule has 0 fully saturated rings. The Morgan fingerprint density at radius 2 is 2.05 bits per heavy atom. The maximum atomic E-state index is 5.46. The highest BCUT2D eigenvalue weighted by Gasteiger charge is 2.13. The highest BCUT2D eigenvalue weighted by atomic mass is 16.5. The first kappa shape index (κ1) is 16.0. The largest absolute Gasteiger partial charge is 0.381 e. The maximum Gasteiger partial charge on any atom is 0.167 e. The molecule has 19 heavy (non-hydrogen) atoms. The van der Waals surface area contributed by atoms with Crippen molar-refractivity contribution in [1.82, 2.24) is 25.5 Å². The molecule has 1 heterocycles.